The molecular weight excluding hydrogens is 250 g/mol. The summed E-state index contributed by atoms with van der Waals surface area (Å²) < 4.78 is 26.9. The number of aryl methyl sites for hydroxylation is 1. The zero-order valence-electron chi connectivity index (χ0n) is 10.5. The van der Waals surface area contributed by atoms with E-state index in [9.17, 15) is 13.5 Å². The minimum atomic E-state index is -3.52. The number of rotatable bonds is 3. The van der Waals surface area contributed by atoms with Crippen molar-refractivity contribution in [3.8, 4) is 0 Å². The molecule has 18 heavy (non-hydrogen) atoms. The van der Waals surface area contributed by atoms with Crippen LogP contribution in [0.3, 0.4) is 0 Å². The van der Waals surface area contributed by atoms with E-state index in [1.54, 1.807) is 24.3 Å². The second-order valence-electron chi connectivity index (χ2n) is 4.89. The van der Waals surface area contributed by atoms with E-state index in [2.05, 4.69) is 4.72 Å². The van der Waals surface area contributed by atoms with Crippen LogP contribution in [0.25, 0.3) is 0 Å². The molecule has 0 radical (unpaired) electrons. The van der Waals surface area contributed by atoms with E-state index in [1.165, 1.54) is 0 Å². The van der Waals surface area contributed by atoms with Crippen LogP contribution in [0.5, 0.6) is 0 Å². The van der Waals surface area contributed by atoms with Crippen molar-refractivity contribution >= 4 is 10.0 Å². The summed E-state index contributed by atoms with van der Waals surface area (Å²) in [6.45, 7) is 1.91. The first-order chi connectivity index (χ1) is 8.49. The van der Waals surface area contributed by atoms with Crippen molar-refractivity contribution in [1.29, 1.82) is 0 Å². The quantitative estimate of drug-likeness (QED) is 0.875. The summed E-state index contributed by atoms with van der Waals surface area (Å²) in [6.07, 6.45) is 2.72. The Morgan fingerprint density at radius 3 is 2.39 bits per heavy atom. The van der Waals surface area contributed by atoms with E-state index in [-0.39, 0.29) is 10.9 Å². The molecule has 2 rings (SSSR count). The Morgan fingerprint density at radius 2 is 1.78 bits per heavy atom. The maximum Gasteiger partial charge on any atom is 0.240 e. The molecule has 0 heterocycles. The van der Waals surface area contributed by atoms with Crippen molar-refractivity contribution < 1.29 is 13.5 Å². The number of aliphatic hydroxyl groups excluding tert-OH is 1. The Morgan fingerprint density at radius 1 is 1.17 bits per heavy atom. The Kier molecular flexibility index (Phi) is 4.04. The van der Waals surface area contributed by atoms with Crippen molar-refractivity contribution in [2.45, 2.75) is 49.6 Å². The molecule has 5 heteroatoms. The van der Waals surface area contributed by atoms with Crippen LogP contribution in [0.1, 0.15) is 31.2 Å². The van der Waals surface area contributed by atoms with Crippen molar-refractivity contribution in [3.05, 3.63) is 29.8 Å². The van der Waals surface area contributed by atoms with Crippen LogP contribution < -0.4 is 4.72 Å². The van der Waals surface area contributed by atoms with Gasteiger partial charge in [-0.15, -0.1) is 0 Å². The van der Waals surface area contributed by atoms with Gasteiger partial charge in [0.25, 0.3) is 0 Å². The lowest BCUT2D eigenvalue weighted by Crippen LogP contribution is -2.44. The molecule has 100 valence electrons. The van der Waals surface area contributed by atoms with Gasteiger partial charge < -0.3 is 5.11 Å². The Labute approximate surface area is 108 Å². The summed E-state index contributed by atoms with van der Waals surface area (Å²) >= 11 is 0. The molecule has 0 spiro atoms. The summed E-state index contributed by atoms with van der Waals surface area (Å²) in [5, 5.41) is 9.80. The molecule has 2 N–H and O–H groups in total. The molecule has 4 nitrogen and oxygen atoms in total. The van der Waals surface area contributed by atoms with Gasteiger partial charge in [0.05, 0.1) is 11.0 Å². The molecule has 0 aliphatic heterocycles. The van der Waals surface area contributed by atoms with E-state index < -0.39 is 16.1 Å². The zero-order valence-corrected chi connectivity index (χ0v) is 11.3. The Balaban J connectivity index is 2.13. The van der Waals surface area contributed by atoms with Crippen LogP contribution in [0.15, 0.2) is 29.2 Å². The molecule has 1 fully saturated rings. The molecule has 0 unspecified atom stereocenters. The highest BCUT2D eigenvalue weighted by atomic mass is 32.2. The molecular formula is C13H19NO3S. The van der Waals surface area contributed by atoms with Gasteiger partial charge in [-0.05, 0) is 31.9 Å². The van der Waals surface area contributed by atoms with Gasteiger partial charge in [0.2, 0.25) is 10.0 Å². The topological polar surface area (TPSA) is 66.4 Å². The molecule has 1 aromatic carbocycles. The largest absolute Gasteiger partial charge is 0.391 e. The molecule has 1 saturated carbocycles. The molecule has 1 aliphatic carbocycles. The highest BCUT2D eigenvalue weighted by Gasteiger charge is 2.27. The van der Waals surface area contributed by atoms with Gasteiger partial charge in [0.15, 0.2) is 0 Å². The summed E-state index contributed by atoms with van der Waals surface area (Å²) in [5.74, 6) is 0. The SMILES string of the molecule is Cc1ccc(S(=O)(=O)N[C@@H]2CCCC[C@H]2O)cc1. The maximum atomic E-state index is 12.1. The third-order valence-electron chi connectivity index (χ3n) is 3.37. The van der Waals surface area contributed by atoms with Gasteiger partial charge in [-0.2, -0.15) is 0 Å². The average molecular weight is 269 g/mol. The van der Waals surface area contributed by atoms with Crippen molar-refractivity contribution in [1.82, 2.24) is 4.72 Å². The highest BCUT2D eigenvalue weighted by Crippen LogP contribution is 2.20. The molecule has 0 aromatic heterocycles. The van der Waals surface area contributed by atoms with E-state index in [4.69, 9.17) is 0 Å². The molecule has 1 aliphatic rings. The lowest BCUT2D eigenvalue weighted by molar-refractivity contribution is 0.101. The Hall–Kier alpha value is -0.910. The smallest absolute Gasteiger partial charge is 0.240 e. The van der Waals surface area contributed by atoms with Crippen LogP contribution in [0.2, 0.25) is 0 Å². The molecule has 0 amide bonds. The second-order valence-corrected chi connectivity index (χ2v) is 6.61. The zero-order chi connectivity index (χ0) is 13.2. The third kappa shape index (κ3) is 3.10. The average Bonchev–Trinajstić information content (AvgIpc) is 2.32. The second kappa shape index (κ2) is 5.38. The lowest BCUT2D eigenvalue weighted by atomic mass is 9.93. The van der Waals surface area contributed by atoms with Crippen molar-refractivity contribution in [2.75, 3.05) is 0 Å². The minimum absolute atomic E-state index is 0.255. The van der Waals surface area contributed by atoms with Crippen LogP contribution in [0.4, 0.5) is 0 Å². The fourth-order valence-electron chi connectivity index (χ4n) is 2.23. The van der Waals surface area contributed by atoms with Crippen LogP contribution in [-0.2, 0) is 10.0 Å². The normalized spacial score (nSPS) is 25.0. The first-order valence-electron chi connectivity index (χ1n) is 6.26. The van der Waals surface area contributed by atoms with Crippen LogP contribution in [-0.4, -0.2) is 25.7 Å². The van der Waals surface area contributed by atoms with E-state index in [0.29, 0.717) is 12.8 Å². The maximum absolute atomic E-state index is 12.1. The number of benzene rings is 1. The minimum Gasteiger partial charge on any atom is -0.391 e. The third-order valence-corrected chi connectivity index (χ3v) is 4.87. The first kappa shape index (κ1) is 13.5. The van der Waals surface area contributed by atoms with E-state index in [1.807, 2.05) is 6.92 Å². The predicted octanol–water partition coefficient (Wildman–Crippen LogP) is 1.58. The first-order valence-corrected chi connectivity index (χ1v) is 7.74. The van der Waals surface area contributed by atoms with Gasteiger partial charge in [0, 0.05) is 6.04 Å². The van der Waals surface area contributed by atoms with Gasteiger partial charge in [-0.1, -0.05) is 30.5 Å². The molecule has 1 aromatic rings. The monoisotopic (exact) mass is 269 g/mol. The van der Waals surface area contributed by atoms with Crippen LogP contribution >= 0.6 is 0 Å². The standard InChI is InChI=1S/C13H19NO3S/c1-10-6-8-11(9-7-10)18(16,17)14-12-4-2-3-5-13(12)15/h6-9,12-15H,2-5H2,1H3/t12-,13-/m1/s1. The fraction of sp³-hybridized carbons (Fsp3) is 0.538. The summed E-state index contributed by atoms with van der Waals surface area (Å²) in [7, 11) is -3.52. The summed E-state index contributed by atoms with van der Waals surface area (Å²) in [6, 6.07) is 6.36. The fourth-order valence-corrected chi connectivity index (χ4v) is 3.54. The Bertz CT molecular complexity index is 495. The lowest BCUT2D eigenvalue weighted by Gasteiger charge is -2.28. The highest BCUT2D eigenvalue weighted by molar-refractivity contribution is 7.89. The van der Waals surface area contributed by atoms with E-state index in [0.717, 1.165) is 18.4 Å². The van der Waals surface area contributed by atoms with Crippen molar-refractivity contribution in [3.63, 3.8) is 0 Å². The number of hydrogen-bond acceptors (Lipinski definition) is 3. The number of aliphatic hydroxyl groups is 1. The number of hydrogen-bond donors (Lipinski definition) is 2. The van der Waals surface area contributed by atoms with Gasteiger partial charge >= 0.3 is 0 Å². The van der Waals surface area contributed by atoms with Gasteiger partial charge in [0.1, 0.15) is 0 Å². The van der Waals surface area contributed by atoms with E-state index >= 15 is 0 Å². The van der Waals surface area contributed by atoms with Gasteiger partial charge in [-0.25, -0.2) is 13.1 Å². The van der Waals surface area contributed by atoms with Crippen LogP contribution in [0, 0.1) is 6.92 Å². The number of nitrogens with one attached hydrogen (secondary N) is 1. The molecule has 2 atom stereocenters. The predicted molar refractivity (Wildman–Crippen MR) is 69.8 cm³/mol. The van der Waals surface area contributed by atoms with Gasteiger partial charge in [-0.3, -0.25) is 0 Å². The van der Waals surface area contributed by atoms with Crippen molar-refractivity contribution in [2.24, 2.45) is 0 Å². The molecule has 0 bridgehead atoms. The summed E-state index contributed by atoms with van der Waals surface area (Å²) in [5.41, 5.74) is 1.02. The summed E-state index contributed by atoms with van der Waals surface area (Å²) in [4.78, 5) is 0.255. The number of sulfonamides is 1. The molecule has 0 saturated heterocycles.